The molecule has 0 radical (unpaired) electrons. The average Bonchev–Trinajstić information content (AvgIpc) is 2.68. The van der Waals surface area contributed by atoms with Gasteiger partial charge < -0.3 is 19.7 Å². The van der Waals surface area contributed by atoms with Gasteiger partial charge in [0, 0.05) is 31.6 Å². The SMILES string of the molecule is CC(=O)Oc1cccc(C(=O)N2CCC(NC(=O)Oc3ccccc3)CC2)c1. The first kappa shape index (κ1) is 19.4. The Morgan fingerprint density at radius 3 is 2.29 bits per heavy atom. The summed E-state index contributed by atoms with van der Waals surface area (Å²) in [5.74, 6) is 0.275. The van der Waals surface area contributed by atoms with Gasteiger partial charge in [-0.3, -0.25) is 9.59 Å². The number of hydrogen-bond donors (Lipinski definition) is 1. The molecule has 7 nitrogen and oxygen atoms in total. The molecule has 1 fully saturated rings. The lowest BCUT2D eigenvalue weighted by atomic mass is 10.0. The lowest BCUT2D eigenvalue weighted by molar-refractivity contribution is -0.131. The van der Waals surface area contributed by atoms with Crippen LogP contribution in [-0.4, -0.2) is 42.0 Å². The van der Waals surface area contributed by atoms with E-state index in [-0.39, 0.29) is 11.9 Å². The van der Waals surface area contributed by atoms with Crippen LogP contribution in [0.5, 0.6) is 11.5 Å². The second kappa shape index (κ2) is 9.03. The van der Waals surface area contributed by atoms with E-state index in [2.05, 4.69) is 5.32 Å². The van der Waals surface area contributed by atoms with Gasteiger partial charge in [-0.25, -0.2) is 4.79 Å². The zero-order valence-corrected chi connectivity index (χ0v) is 15.6. The molecular weight excluding hydrogens is 360 g/mol. The number of likely N-dealkylation sites (tertiary alicyclic amines) is 1. The monoisotopic (exact) mass is 382 g/mol. The number of piperidine rings is 1. The molecule has 146 valence electrons. The molecule has 3 rings (SSSR count). The third kappa shape index (κ3) is 5.33. The van der Waals surface area contributed by atoms with Gasteiger partial charge in [0.05, 0.1) is 0 Å². The maximum absolute atomic E-state index is 12.7. The molecule has 0 unspecified atom stereocenters. The summed E-state index contributed by atoms with van der Waals surface area (Å²) in [7, 11) is 0. The van der Waals surface area contributed by atoms with Crippen molar-refractivity contribution >= 4 is 18.0 Å². The molecule has 2 aromatic rings. The first-order chi connectivity index (χ1) is 13.5. The van der Waals surface area contributed by atoms with E-state index in [1.165, 1.54) is 6.92 Å². The van der Waals surface area contributed by atoms with E-state index in [4.69, 9.17) is 9.47 Å². The summed E-state index contributed by atoms with van der Waals surface area (Å²) in [6, 6.07) is 15.4. The maximum Gasteiger partial charge on any atom is 0.412 e. The van der Waals surface area contributed by atoms with Crippen molar-refractivity contribution in [3.05, 3.63) is 60.2 Å². The fourth-order valence-corrected chi connectivity index (χ4v) is 3.06. The Bertz CT molecular complexity index is 845. The van der Waals surface area contributed by atoms with Crippen molar-refractivity contribution in [1.29, 1.82) is 0 Å². The van der Waals surface area contributed by atoms with Gasteiger partial charge in [-0.15, -0.1) is 0 Å². The van der Waals surface area contributed by atoms with Gasteiger partial charge in [0.25, 0.3) is 5.91 Å². The minimum atomic E-state index is -0.495. The quantitative estimate of drug-likeness (QED) is 0.649. The number of benzene rings is 2. The molecule has 0 aliphatic carbocycles. The summed E-state index contributed by atoms with van der Waals surface area (Å²) in [5, 5.41) is 2.84. The van der Waals surface area contributed by atoms with E-state index in [1.54, 1.807) is 53.4 Å². The molecule has 0 bridgehead atoms. The van der Waals surface area contributed by atoms with Crippen molar-refractivity contribution in [2.45, 2.75) is 25.8 Å². The van der Waals surface area contributed by atoms with E-state index >= 15 is 0 Å². The van der Waals surface area contributed by atoms with E-state index in [0.717, 1.165) is 0 Å². The summed E-state index contributed by atoms with van der Waals surface area (Å²) in [6.45, 7) is 2.36. The van der Waals surface area contributed by atoms with Crippen LogP contribution in [0.2, 0.25) is 0 Å². The van der Waals surface area contributed by atoms with Crippen LogP contribution in [0.15, 0.2) is 54.6 Å². The fraction of sp³-hybridized carbons (Fsp3) is 0.286. The van der Waals surface area contributed by atoms with Crippen LogP contribution in [-0.2, 0) is 4.79 Å². The standard InChI is InChI=1S/C21H22N2O5/c1-15(24)27-19-9-5-6-16(14-19)20(25)23-12-10-17(11-13-23)22-21(26)28-18-7-3-2-4-8-18/h2-9,14,17H,10-13H2,1H3,(H,22,26). The highest BCUT2D eigenvalue weighted by atomic mass is 16.6. The third-order valence-corrected chi connectivity index (χ3v) is 4.40. The second-order valence-electron chi connectivity index (χ2n) is 6.53. The van der Waals surface area contributed by atoms with Crippen molar-refractivity contribution < 1.29 is 23.9 Å². The Balaban J connectivity index is 1.50. The number of rotatable bonds is 4. The van der Waals surface area contributed by atoms with Crippen molar-refractivity contribution in [2.75, 3.05) is 13.1 Å². The van der Waals surface area contributed by atoms with E-state index in [1.807, 2.05) is 6.07 Å². The summed E-state index contributed by atoms with van der Waals surface area (Å²) < 4.78 is 10.3. The molecule has 1 aliphatic rings. The van der Waals surface area contributed by atoms with Crippen molar-refractivity contribution in [2.24, 2.45) is 0 Å². The molecule has 0 spiro atoms. The Morgan fingerprint density at radius 1 is 0.929 bits per heavy atom. The summed E-state index contributed by atoms with van der Waals surface area (Å²) in [5.41, 5.74) is 0.466. The average molecular weight is 382 g/mol. The molecule has 1 N–H and O–H groups in total. The molecule has 1 saturated heterocycles. The lowest BCUT2D eigenvalue weighted by Gasteiger charge is -2.32. The van der Waals surface area contributed by atoms with Crippen LogP contribution in [0, 0.1) is 0 Å². The largest absolute Gasteiger partial charge is 0.427 e. The molecule has 0 aromatic heterocycles. The number of esters is 1. The normalized spacial score (nSPS) is 14.2. The molecular formula is C21H22N2O5. The Hall–Kier alpha value is -3.35. The minimum Gasteiger partial charge on any atom is -0.427 e. The maximum atomic E-state index is 12.7. The molecule has 7 heteroatoms. The molecule has 2 aromatic carbocycles. The van der Waals surface area contributed by atoms with Gasteiger partial charge >= 0.3 is 12.1 Å². The van der Waals surface area contributed by atoms with Gasteiger partial charge in [0.15, 0.2) is 0 Å². The number of nitrogens with one attached hydrogen (secondary N) is 1. The second-order valence-corrected chi connectivity index (χ2v) is 6.53. The van der Waals surface area contributed by atoms with Gasteiger partial charge in [-0.05, 0) is 43.2 Å². The van der Waals surface area contributed by atoms with E-state index in [9.17, 15) is 14.4 Å². The Morgan fingerprint density at radius 2 is 1.61 bits per heavy atom. The van der Waals surface area contributed by atoms with Crippen LogP contribution >= 0.6 is 0 Å². The fourth-order valence-electron chi connectivity index (χ4n) is 3.06. The highest BCUT2D eigenvalue weighted by Crippen LogP contribution is 2.18. The summed E-state index contributed by atoms with van der Waals surface area (Å²) in [4.78, 5) is 37.5. The molecule has 28 heavy (non-hydrogen) atoms. The van der Waals surface area contributed by atoms with Crippen molar-refractivity contribution in [1.82, 2.24) is 10.2 Å². The van der Waals surface area contributed by atoms with Gasteiger partial charge in [0.1, 0.15) is 11.5 Å². The first-order valence-electron chi connectivity index (χ1n) is 9.12. The van der Waals surface area contributed by atoms with Crippen LogP contribution in [0.25, 0.3) is 0 Å². The van der Waals surface area contributed by atoms with E-state index < -0.39 is 12.1 Å². The number of carbonyl (C=O) groups excluding carboxylic acids is 3. The number of ether oxygens (including phenoxy) is 2. The number of hydrogen-bond acceptors (Lipinski definition) is 5. The molecule has 1 heterocycles. The molecule has 2 amide bonds. The lowest BCUT2D eigenvalue weighted by Crippen LogP contribution is -2.47. The predicted molar refractivity (Wildman–Crippen MR) is 102 cm³/mol. The van der Waals surface area contributed by atoms with Gasteiger partial charge in [0.2, 0.25) is 0 Å². The molecule has 0 atom stereocenters. The van der Waals surface area contributed by atoms with Crippen LogP contribution in [0.3, 0.4) is 0 Å². The first-order valence-corrected chi connectivity index (χ1v) is 9.12. The Labute approximate surface area is 163 Å². The highest BCUT2D eigenvalue weighted by molar-refractivity contribution is 5.94. The third-order valence-electron chi connectivity index (χ3n) is 4.40. The predicted octanol–water partition coefficient (Wildman–Crippen LogP) is 3.01. The van der Waals surface area contributed by atoms with Crippen LogP contribution in [0.1, 0.15) is 30.1 Å². The summed E-state index contributed by atoms with van der Waals surface area (Å²) in [6.07, 6.45) is 0.781. The number of para-hydroxylation sites is 1. The van der Waals surface area contributed by atoms with Gasteiger partial charge in [-0.2, -0.15) is 0 Å². The van der Waals surface area contributed by atoms with Crippen molar-refractivity contribution in [3.8, 4) is 11.5 Å². The molecule has 0 saturated carbocycles. The number of amides is 2. The smallest absolute Gasteiger partial charge is 0.412 e. The number of carbonyl (C=O) groups is 3. The van der Waals surface area contributed by atoms with Crippen molar-refractivity contribution in [3.63, 3.8) is 0 Å². The van der Waals surface area contributed by atoms with E-state index in [0.29, 0.717) is 43.0 Å². The zero-order chi connectivity index (χ0) is 19.9. The van der Waals surface area contributed by atoms with Crippen LogP contribution in [0.4, 0.5) is 4.79 Å². The Kier molecular flexibility index (Phi) is 6.26. The topological polar surface area (TPSA) is 84.9 Å². The molecule has 1 aliphatic heterocycles. The summed E-state index contributed by atoms with van der Waals surface area (Å²) >= 11 is 0. The number of nitrogens with zero attached hydrogens (tertiary/aromatic N) is 1. The minimum absolute atomic E-state index is 0.0485. The zero-order valence-electron chi connectivity index (χ0n) is 15.6. The van der Waals surface area contributed by atoms with Crippen LogP contribution < -0.4 is 14.8 Å². The highest BCUT2D eigenvalue weighted by Gasteiger charge is 2.25. The van der Waals surface area contributed by atoms with Gasteiger partial charge in [-0.1, -0.05) is 24.3 Å².